The molecule has 0 saturated carbocycles. The van der Waals surface area contributed by atoms with Gasteiger partial charge in [0.2, 0.25) is 0 Å². The van der Waals surface area contributed by atoms with Crippen LogP contribution in [0.2, 0.25) is 0 Å². The monoisotopic (exact) mass is 288 g/mol. The average molecular weight is 288 g/mol. The number of nitrogens with zero attached hydrogens (tertiary/aromatic N) is 1. The van der Waals surface area contributed by atoms with E-state index in [1.807, 2.05) is 4.90 Å². The SMILES string of the molecule is NC1CC2CCC(C1)N2c1cc(C(F)(F)F)ccc1F. The molecule has 3 rings (SSSR count). The van der Waals surface area contributed by atoms with Gasteiger partial charge >= 0.3 is 6.18 Å². The third-order valence-corrected chi connectivity index (χ3v) is 4.32. The van der Waals surface area contributed by atoms with E-state index in [9.17, 15) is 17.6 Å². The summed E-state index contributed by atoms with van der Waals surface area (Å²) in [5.74, 6) is -0.592. The van der Waals surface area contributed by atoms with E-state index < -0.39 is 17.6 Å². The molecule has 1 aromatic rings. The third kappa shape index (κ3) is 2.26. The lowest BCUT2D eigenvalue weighted by molar-refractivity contribution is -0.137. The first-order chi connectivity index (χ1) is 9.36. The van der Waals surface area contributed by atoms with Gasteiger partial charge < -0.3 is 10.6 Å². The largest absolute Gasteiger partial charge is 0.416 e. The van der Waals surface area contributed by atoms with Crippen LogP contribution in [0.1, 0.15) is 31.2 Å². The van der Waals surface area contributed by atoms with Crippen LogP contribution >= 0.6 is 0 Å². The Hall–Kier alpha value is -1.30. The van der Waals surface area contributed by atoms with Gasteiger partial charge in [-0.3, -0.25) is 0 Å². The fourth-order valence-electron chi connectivity index (χ4n) is 3.50. The van der Waals surface area contributed by atoms with Gasteiger partial charge in [-0.2, -0.15) is 13.2 Å². The first kappa shape index (κ1) is 13.7. The summed E-state index contributed by atoms with van der Waals surface area (Å²) in [4.78, 5) is 1.81. The Bertz CT molecular complexity index is 500. The van der Waals surface area contributed by atoms with Crippen molar-refractivity contribution >= 4 is 5.69 Å². The van der Waals surface area contributed by atoms with Gasteiger partial charge in [0.15, 0.2) is 0 Å². The molecule has 1 aromatic carbocycles. The molecule has 2 heterocycles. The van der Waals surface area contributed by atoms with Gasteiger partial charge in [0.1, 0.15) is 5.82 Å². The minimum atomic E-state index is -4.45. The molecule has 0 spiro atoms. The lowest BCUT2D eigenvalue weighted by Gasteiger charge is -2.39. The molecule has 110 valence electrons. The molecule has 2 atom stereocenters. The average Bonchev–Trinajstić information content (AvgIpc) is 2.61. The zero-order valence-electron chi connectivity index (χ0n) is 10.8. The molecule has 0 aliphatic carbocycles. The molecule has 2 unspecified atom stereocenters. The van der Waals surface area contributed by atoms with Crippen LogP contribution in [0.5, 0.6) is 0 Å². The number of hydrogen-bond donors (Lipinski definition) is 1. The number of anilines is 1. The van der Waals surface area contributed by atoms with Crippen LogP contribution in [0.3, 0.4) is 0 Å². The van der Waals surface area contributed by atoms with E-state index in [0.29, 0.717) is 12.8 Å². The highest BCUT2D eigenvalue weighted by molar-refractivity contribution is 5.54. The van der Waals surface area contributed by atoms with Crippen molar-refractivity contribution in [3.8, 4) is 0 Å². The van der Waals surface area contributed by atoms with Crippen LogP contribution in [0, 0.1) is 5.82 Å². The molecule has 2 saturated heterocycles. The smallest absolute Gasteiger partial charge is 0.363 e. The van der Waals surface area contributed by atoms with Crippen molar-refractivity contribution in [2.45, 2.75) is 50.0 Å². The maximum atomic E-state index is 14.0. The highest BCUT2D eigenvalue weighted by Gasteiger charge is 2.41. The zero-order chi connectivity index (χ0) is 14.5. The summed E-state index contributed by atoms with van der Waals surface area (Å²) in [6, 6.07) is 2.81. The van der Waals surface area contributed by atoms with E-state index in [2.05, 4.69) is 0 Å². The van der Waals surface area contributed by atoms with Gasteiger partial charge in [-0.1, -0.05) is 0 Å². The van der Waals surface area contributed by atoms with Crippen molar-refractivity contribution in [3.05, 3.63) is 29.6 Å². The Kier molecular flexibility index (Phi) is 3.16. The highest BCUT2D eigenvalue weighted by Crippen LogP contribution is 2.41. The van der Waals surface area contributed by atoms with Crippen molar-refractivity contribution in [2.75, 3.05) is 4.90 Å². The second-order valence-corrected chi connectivity index (χ2v) is 5.69. The van der Waals surface area contributed by atoms with Crippen LogP contribution in [0.15, 0.2) is 18.2 Å². The Morgan fingerprint density at radius 2 is 1.70 bits per heavy atom. The molecule has 2 nitrogen and oxygen atoms in total. The van der Waals surface area contributed by atoms with Crippen LogP contribution in [0.25, 0.3) is 0 Å². The number of halogens is 4. The van der Waals surface area contributed by atoms with E-state index in [4.69, 9.17) is 5.73 Å². The second-order valence-electron chi connectivity index (χ2n) is 5.69. The van der Waals surface area contributed by atoms with E-state index in [1.54, 1.807) is 0 Å². The molecule has 2 bridgehead atoms. The first-order valence-corrected chi connectivity index (χ1v) is 6.77. The summed E-state index contributed by atoms with van der Waals surface area (Å²) in [7, 11) is 0. The molecular weight excluding hydrogens is 272 g/mol. The van der Waals surface area contributed by atoms with Gasteiger partial charge in [0, 0.05) is 18.1 Å². The van der Waals surface area contributed by atoms with Gasteiger partial charge in [0.25, 0.3) is 0 Å². The number of rotatable bonds is 1. The summed E-state index contributed by atoms with van der Waals surface area (Å²) in [5, 5.41) is 0. The molecule has 2 aliphatic heterocycles. The summed E-state index contributed by atoms with van der Waals surface area (Å²) in [5.41, 5.74) is 5.20. The number of nitrogens with two attached hydrogens (primary N) is 1. The fourth-order valence-corrected chi connectivity index (χ4v) is 3.50. The van der Waals surface area contributed by atoms with Crippen molar-refractivity contribution in [1.29, 1.82) is 0 Å². The normalized spacial score (nSPS) is 29.9. The molecule has 0 aromatic heterocycles. The molecule has 2 fully saturated rings. The lowest BCUT2D eigenvalue weighted by atomic mass is 9.97. The Balaban J connectivity index is 1.98. The maximum absolute atomic E-state index is 14.0. The van der Waals surface area contributed by atoms with Gasteiger partial charge in [0.05, 0.1) is 11.3 Å². The lowest BCUT2D eigenvalue weighted by Crippen LogP contribution is -2.48. The Morgan fingerprint density at radius 1 is 1.10 bits per heavy atom. The summed E-state index contributed by atoms with van der Waals surface area (Å²) >= 11 is 0. The van der Waals surface area contributed by atoms with Crippen molar-refractivity contribution in [3.63, 3.8) is 0 Å². The van der Waals surface area contributed by atoms with Gasteiger partial charge in [-0.15, -0.1) is 0 Å². The van der Waals surface area contributed by atoms with E-state index in [-0.39, 0.29) is 23.8 Å². The summed E-state index contributed by atoms with van der Waals surface area (Å²) < 4.78 is 52.3. The third-order valence-electron chi connectivity index (χ3n) is 4.32. The Morgan fingerprint density at radius 3 is 2.25 bits per heavy atom. The molecule has 2 N–H and O–H groups in total. The number of fused-ring (bicyclic) bond motifs is 2. The molecule has 0 amide bonds. The standard InChI is InChI=1S/C14H16F4N2/c15-12-4-1-8(14(16,17)18)5-13(12)20-10-2-3-11(20)7-9(19)6-10/h1,4-5,9-11H,2-3,6-7,19H2. The number of alkyl halides is 3. The second kappa shape index (κ2) is 4.62. The molecule has 2 aliphatic rings. The van der Waals surface area contributed by atoms with Crippen molar-refractivity contribution < 1.29 is 17.6 Å². The Labute approximate surface area is 114 Å². The highest BCUT2D eigenvalue weighted by atomic mass is 19.4. The predicted octanol–water partition coefficient (Wildman–Crippen LogP) is 3.30. The molecule has 0 radical (unpaired) electrons. The minimum Gasteiger partial charge on any atom is -0.363 e. The fraction of sp³-hybridized carbons (Fsp3) is 0.571. The molecule has 20 heavy (non-hydrogen) atoms. The van der Waals surface area contributed by atoms with Crippen LogP contribution < -0.4 is 10.6 Å². The van der Waals surface area contributed by atoms with Gasteiger partial charge in [-0.25, -0.2) is 4.39 Å². The van der Waals surface area contributed by atoms with Crippen LogP contribution in [-0.2, 0) is 6.18 Å². The minimum absolute atomic E-state index is 0.0572. The number of benzene rings is 1. The van der Waals surface area contributed by atoms with Gasteiger partial charge in [-0.05, 0) is 43.9 Å². The van der Waals surface area contributed by atoms with Crippen LogP contribution in [-0.4, -0.2) is 18.1 Å². The topological polar surface area (TPSA) is 29.3 Å². The maximum Gasteiger partial charge on any atom is 0.416 e. The molecule has 6 heteroatoms. The van der Waals surface area contributed by atoms with E-state index >= 15 is 0 Å². The zero-order valence-corrected chi connectivity index (χ0v) is 10.8. The first-order valence-electron chi connectivity index (χ1n) is 6.77. The number of piperidine rings is 1. The summed E-state index contributed by atoms with van der Waals surface area (Å²) in [6.45, 7) is 0. The number of hydrogen-bond acceptors (Lipinski definition) is 2. The van der Waals surface area contributed by atoms with Crippen LogP contribution in [0.4, 0.5) is 23.2 Å². The van der Waals surface area contributed by atoms with Crippen molar-refractivity contribution in [2.24, 2.45) is 5.73 Å². The quantitative estimate of drug-likeness (QED) is 0.803. The summed E-state index contributed by atoms with van der Waals surface area (Å²) in [6.07, 6.45) is -1.28. The van der Waals surface area contributed by atoms with E-state index in [0.717, 1.165) is 31.0 Å². The van der Waals surface area contributed by atoms with E-state index in [1.165, 1.54) is 0 Å². The molecular formula is C14H16F4N2. The van der Waals surface area contributed by atoms with Crippen molar-refractivity contribution in [1.82, 2.24) is 0 Å². The predicted molar refractivity (Wildman–Crippen MR) is 67.9 cm³/mol.